The fraction of sp³-hybridized carbons (Fsp3) is 0.778. The number of esters is 3. The van der Waals surface area contributed by atoms with Crippen LogP contribution in [0.3, 0.4) is 0 Å². The van der Waals surface area contributed by atoms with Crippen molar-refractivity contribution in [2.24, 2.45) is 23.7 Å². The summed E-state index contributed by atoms with van der Waals surface area (Å²) in [6.45, 7) is 23.1. The Morgan fingerprint density at radius 2 is 1.47 bits per heavy atom. The number of methoxy groups -OCH3 is 1. The maximum Gasteiger partial charge on any atom is 0.308 e. The number of fused-ring (bicyclic) bond motifs is 8. The minimum absolute atomic E-state index is 0.00321. The van der Waals surface area contributed by atoms with Gasteiger partial charge < -0.3 is 83.1 Å². The van der Waals surface area contributed by atoms with Gasteiger partial charge in [0.25, 0.3) is 0 Å². The van der Waals surface area contributed by atoms with E-state index in [4.69, 9.17) is 59.0 Å². The molecule has 7 heterocycles. The molecule has 0 amide bonds. The minimum Gasteiger partial charge on any atom is -0.462 e. The van der Waals surface area contributed by atoms with E-state index in [1.165, 1.54) is 26.0 Å². The maximum absolute atomic E-state index is 14.5. The third-order valence-electron chi connectivity index (χ3n) is 18.3. The Labute approximate surface area is 505 Å². The van der Waals surface area contributed by atoms with E-state index in [1.54, 1.807) is 41.7 Å². The van der Waals surface area contributed by atoms with Gasteiger partial charge in [-0.05, 0) is 51.5 Å². The number of ketones is 1. The smallest absolute Gasteiger partial charge is 0.308 e. The molecule has 6 saturated heterocycles. The Balaban J connectivity index is 1.22. The number of carbonyl (C=O) groups excluding carboxylic acids is 4. The van der Waals surface area contributed by atoms with Crippen molar-refractivity contribution < 1.29 is 102 Å². The highest BCUT2D eigenvalue weighted by atomic mass is 35.5. The zero-order valence-corrected chi connectivity index (χ0v) is 51.5. The first kappa shape index (κ1) is 69.0. The molecule has 7 aliphatic rings. The average Bonchev–Trinajstić information content (AvgIpc) is 1.30. The van der Waals surface area contributed by atoms with E-state index in [0.717, 1.165) is 0 Å². The summed E-state index contributed by atoms with van der Waals surface area (Å²) in [6, 6.07) is 0. The third-order valence-corrected chi connectivity index (χ3v) is 18.4. The molecule has 85 heavy (non-hydrogen) atoms. The van der Waals surface area contributed by atoms with Gasteiger partial charge >= 0.3 is 17.9 Å². The number of rotatable bonds is 9. The molecule has 10 bridgehead atoms. The standard InChI is InChI=1S/C63H95ClO21/c1-33(19-42(67)18-17-35(3)64)20-53-55(72)57-39(7)58(79-53)59(73)63(75)31-51(70)37(5)52(85-63)16-14-12-13-15-44-22-43(68)27-61(81-44)29-47(76-11)23-45(82-61)25-50(69)38(6)56(78-41(9)66)36(4)34(2)21-49-28-60(10,74)32-62(84-49)30-48(77-40(8)65)24-46(83-62)26-54(71)80-57/h13,15,17-18,36-39,42-49,51-53,55-59,67-68,70,72-75H,1-3,12,14,16,19-32H2,4-11H3/b15-13-,18-17+/t36-,37-,38+,39+,42-,43+,44+,45?,46-,47?,48?,49+,51+,52-,53+,55+,56?,57?,58?,59?,60+,61?,62?,63-/m0/s1. The van der Waals surface area contributed by atoms with Crippen molar-refractivity contribution in [3.05, 3.63) is 60.2 Å². The van der Waals surface area contributed by atoms with Crippen molar-refractivity contribution in [3.63, 3.8) is 0 Å². The number of Topliss-reactive ketones (excluding diaryl/α,β-unsaturated/α-hetero) is 1. The Kier molecular flexibility index (Phi) is 23.5. The lowest BCUT2D eigenvalue weighted by Crippen LogP contribution is -2.65. The second-order valence-electron chi connectivity index (χ2n) is 25.9. The summed E-state index contributed by atoms with van der Waals surface area (Å²) in [7, 11) is 1.57. The van der Waals surface area contributed by atoms with Gasteiger partial charge in [-0.3, -0.25) is 19.2 Å². The number of halogens is 1. The van der Waals surface area contributed by atoms with Crippen LogP contribution in [0, 0.1) is 23.7 Å². The van der Waals surface area contributed by atoms with Crippen LogP contribution in [0.4, 0.5) is 0 Å². The van der Waals surface area contributed by atoms with Crippen LogP contribution in [0.1, 0.15) is 158 Å². The monoisotopic (exact) mass is 1220 g/mol. The summed E-state index contributed by atoms with van der Waals surface area (Å²) in [4.78, 5) is 54.3. The molecule has 0 aromatic rings. The number of ether oxygens (including phenoxy) is 10. The van der Waals surface area contributed by atoms with Crippen LogP contribution in [0.2, 0.25) is 0 Å². The summed E-state index contributed by atoms with van der Waals surface area (Å²) in [5.41, 5.74) is -0.508. The van der Waals surface area contributed by atoms with E-state index >= 15 is 0 Å². The van der Waals surface area contributed by atoms with Crippen molar-refractivity contribution in [1.29, 1.82) is 0 Å². The molecule has 0 aliphatic carbocycles. The largest absolute Gasteiger partial charge is 0.462 e. The topological polar surface area (TPSA) is 302 Å². The molecule has 7 aliphatic heterocycles. The predicted octanol–water partition coefficient (Wildman–Crippen LogP) is 5.91. The first-order valence-corrected chi connectivity index (χ1v) is 30.7. The van der Waals surface area contributed by atoms with Crippen LogP contribution in [0.5, 0.6) is 0 Å². The minimum atomic E-state index is -2.40. The molecule has 0 radical (unpaired) electrons. The highest BCUT2D eigenvalue weighted by molar-refractivity contribution is 6.30. The SMILES string of the molecule is C=C(Cl)/C=C/[C@H](O)CC(=C)C[C@H]1OC2C(O)[C@]3(O)C[C@@H](O)[C@H](C)[C@H](CCC/C=C\[C@@H]4C[C@@H](O)CC5(CC(OC)CC(CC(=O)[C@@H](C)C(OC(C)=O)[C@@H](C)C(=C)C[C@@H]6C[C@@](C)(O)CC7(CC(OC(C)=O)C[C@@H](CC(=O)OC([C@H]2C)[C@@H]1O)O7)O6)O5)O4)O3. The molecular formula is C63H95ClO21. The van der Waals surface area contributed by atoms with Gasteiger partial charge in [-0.15, -0.1) is 0 Å². The van der Waals surface area contributed by atoms with Crippen LogP contribution >= 0.6 is 11.6 Å². The van der Waals surface area contributed by atoms with Gasteiger partial charge in [0.1, 0.15) is 36.3 Å². The fourth-order valence-electron chi connectivity index (χ4n) is 14.1. The van der Waals surface area contributed by atoms with E-state index in [-0.39, 0.29) is 81.1 Å². The second-order valence-corrected chi connectivity index (χ2v) is 26.4. The molecule has 22 heteroatoms. The molecule has 0 saturated carbocycles. The van der Waals surface area contributed by atoms with Crippen molar-refractivity contribution >= 4 is 35.3 Å². The van der Waals surface area contributed by atoms with E-state index in [1.807, 2.05) is 12.2 Å². The zero-order valence-electron chi connectivity index (χ0n) is 50.7. The Bertz CT molecular complexity index is 2430. The van der Waals surface area contributed by atoms with E-state index in [9.17, 15) is 54.9 Å². The van der Waals surface area contributed by atoms with Crippen LogP contribution in [-0.4, -0.2) is 187 Å². The molecule has 0 aromatic carbocycles. The molecule has 6 fully saturated rings. The quantitative estimate of drug-likeness (QED) is 0.0611. The normalized spacial score (nSPS) is 44.5. The van der Waals surface area contributed by atoms with Crippen molar-refractivity contribution in [3.8, 4) is 0 Å². The van der Waals surface area contributed by atoms with E-state index in [0.29, 0.717) is 43.3 Å². The van der Waals surface area contributed by atoms with Gasteiger partial charge in [0, 0.05) is 108 Å². The Morgan fingerprint density at radius 3 is 2.15 bits per heavy atom. The summed E-state index contributed by atoms with van der Waals surface area (Å²) in [5, 5.41) is 82.6. The van der Waals surface area contributed by atoms with Crippen molar-refractivity contribution in [1.82, 2.24) is 0 Å². The Hall–Kier alpha value is -3.49. The van der Waals surface area contributed by atoms with Crippen LogP contribution in [-0.2, 0) is 66.5 Å². The number of aliphatic hydroxyl groups is 7. The number of aliphatic hydroxyl groups excluding tert-OH is 5. The maximum atomic E-state index is 14.5. The van der Waals surface area contributed by atoms with Crippen molar-refractivity contribution in [2.75, 3.05) is 7.11 Å². The van der Waals surface area contributed by atoms with Gasteiger partial charge in [0.05, 0.1) is 85.1 Å². The summed E-state index contributed by atoms with van der Waals surface area (Å²) in [5.74, 6) is -10.7. The fourth-order valence-corrected chi connectivity index (χ4v) is 14.2. The molecule has 2 spiro atoms. The number of hydrogen-bond donors (Lipinski definition) is 7. The number of carbonyl (C=O) groups is 4. The van der Waals surface area contributed by atoms with Gasteiger partial charge in [0.15, 0.2) is 17.4 Å². The lowest BCUT2D eigenvalue weighted by atomic mass is 9.78. The van der Waals surface area contributed by atoms with Gasteiger partial charge in [-0.2, -0.15) is 0 Å². The molecule has 9 unspecified atom stereocenters. The lowest BCUT2D eigenvalue weighted by Gasteiger charge is -2.52. The molecule has 7 N–H and O–H groups in total. The number of allylic oxidation sites excluding steroid dienone is 3. The molecule has 21 nitrogen and oxygen atoms in total. The van der Waals surface area contributed by atoms with Gasteiger partial charge in [-0.25, -0.2) is 0 Å². The summed E-state index contributed by atoms with van der Waals surface area (Å²) >= 11 is 5.89. The molecule has 0 aromatic heterocycles. The Morgan fingerprint density at radius 1 is 0.812 bits per heavy atom. The first-order valence-electron chi connectivity index (χ1n) is 30.3. The highest BCUT2D eigenvalue weighted by Gasteiger charge is 2.58. The van der Waals surface area contributed by atoms with Crippen LogP contribution < -0.4 is 0 Å². The molecular weight excluding hydrogens is 1130 g/mol. The molecule has 480 valence electrons. The first-order chi connectivity index (χ1) is 39.8. The number of hydrogen-bond acceptors (Lipinski definition) is 21. The average molecular weight is 1220 g/mol. The lowest BCUT2D eigenvalue weighted by molar-refractivity contribution is -0.351. The van der Waals surface area contributed by atoms with Gasteiger partial charge in [-0.1, -0.05) is 88.4 Å². The predicted molar refractivity (Wildman–Crippen MR) is 308 cm³/mol. The van der Waals surface area contributed by atoms with Crippen LogP contribution in [0.25, 0.3) is 0 Å². The molecule has 24 atom stereocenters. The molecule has 7 rings (SSSR count). The van der Waals surface area contributed by atoms with E-state index < -0.39 is 169 Å². The third kappa shape index (κ3) is 18.1. The summed E-state index contributed by atoms with van der Waals surface area (Å²) < 4.78 is 63.4. The van der Waals surface area contributed by atoms with Crippen molar-refractivity contribution in [2.45, 2.75) is 278 Å². The highest BCUT2D eigenvalue weighted by Crippen LogP contribution is 2.48. The second kappa shape index (κ2) is 29.0. The summed E-state index contributed by atoms with van der Waals surface area (Å²) in [6.07, 6.45) is -8.69. The van der Waals surface area contributed by atoms with Gasteiger partial charge in [0.2, 0.25) is 0 Å². The van der Waals surface area contributed by atoms with Crippen LogP contribution in [0.15, 0.2) is 60.2 Å². The van der Waals surface area contributed by atoms with E-state index in [2.05, 4.69) is 19.7 Å². The zero-order chi connectivity index (χ0) is 62.5.